The Kier molecular flexibility index (Phi) is 4.30. The highest BCUT2D eigenvalue weighted by molar-refractivity contribution is 6.24. The van der Waals surface area contributed by atoms with Crippen LogP contribution in [-0.2, 0) is 16.1 Å². The molecule has 2 N–H and O–H groups in total. The van der Waals surface area contributed by atoms with Crippen LogP contribution in [0.4, 0.5) is 0 Å². The fourth-order valence-electron chi connectivity index (χ4n) is 6.70. The molecule has 5 aliphatic heterocycles. The molecule has 2 bridgehead atoms. The minimum Gasteiger partial charge on any atom is -0.316 e. The zero-order valence-corrected chi connectivity index (χ0v) is 17.3. The molecule has 1 aromatic rings. The van der Waals surface area contributed by atoms with E-state index in [1.807, 2.05) is 12.1 Å². The molecule has 7 rings (SSSR count). The van der Waals surface area contributed by atoms with Gasteiger partial charge in [-0.05, 0) is 61.7 Å². The van der Waals surface area contributed by atoms with Crippen molar-refractivity contribution < 1.29 is 19.2 Å². The topological polar surface area (TPSA) is 98.8 Å². The van der Waals surface area contributed by atoms with E-state index in [4.69, 9.17) is 0 Å². The zero-order chi connectivity index (χ0) is 21.3. The second kappa shape index (κ2) is 6.97. The normalized spacial score (nSPS) is 34.8. The van der Waals surface area contributed by atoms with Crippen LogP contribution in [-0.4, -0.2) is 65.1 Å². The predicted octanol–water partition coefficient (Wildman–Crippen LogP) is 0.518. The van der Waals surface area contributed by atoms with Crippen LogP contribution in [0, 0.1) is 17.8 Å². The molecule has 6 aliphatic rings. The van der Waals surface area contributed by atoms with Crippen molar-refractivity contribution in [3.8, 4) is 0 Å². The van der Waals surface area contributed by atoms with Gasteiger partial charge in [0, 0.05) is 25.6 Å². The van der Waals surface area contributed by atoms with E-state index < -0.39 is 23.8 Å². The first-order valence-corrected chi connectivity index (χ1v) is 11.3. The Morgan fingerprint density at radius 3 is 2.65 bits per heavy atom. The van der Waals surface area contributed by atoms with Crippen LogP contribution in [0.5, 0.6) is 0 Å². The minimum atomic E-state index is -0.922. The van der Waals surface area contributed by atoms with Crippen molar-refractivity contribution in [2.24, 2.45) is 17.8 Å². The quantitative estimate of drug-likeness (QED) is 0.689. The van der Waals surface area contributed by atoms with Crippen molar-refractivity contribution in [1.29, 1.82) is 0 Å². The summed E-state index contributed by atoms with van der Waals surface area (Å²) < 4.78 is 0. The van der Waals surface area contributed by atoms with E-state index in [9.17, 15) is 19.2 Å². The number of nitrogens with zero attached hydrogens (tertiary/aromatic N) is 2. The lowest BCUT2D eigenvalue weighted by Gasteiger charge is -2.52. The monoisotopic (exact) mass is 422 g/mol. The summed E-state index contributed by atoms with van der Waals surface area (Å²) in [7, 11) is 0. The fourth-order valence-corrected chi connectivity index (χ4v) is 6.70. The number of benzene rings is 1. The molecule has 8 heteroatoms. The lowest BCUT2D eigenvalue weighted by atomic mass is 9.66. The van der Waals surface area contributed by atoms with E-state index in [1.165, 1.54) is 12.8 Å². The Morgan fingerprint density at radius 2 is 1.81 bits per heavy atom. The molecule has 1 saturated carbocycles. The van der Waals surface area contributed by atoms with Gasteiger partial charge in [-0.1, -0.05) is 12.1 Å². The van der Waals surface area contributed by atoms with Gasteiger partial charge in [-0.15, -0.1) is 0 Å². The third-order valence-corrected chi connectivity index (χ3v) is 8.11. The Balaban J connectivity index is 1.28. The summed E-state index contributed by atoms with van der Waals surface area (Å²) in [6.45, 7) is 3.87. The number of piperidine rings is 3. The van der Waals surface area contributed by atoms with Gasteiger partial charge in [-0.25, -0.2) is 0 Å². The average Bonchev–Trinajstić information content (AvgIpc) is 3.35. The molecule has 5 fully saturated rings. The molecule has 5 atom stereocenters. The first-order chi connectivity index (χ1) is 15.0. The highest BCUT2D eigenvalue weighted by Gasteiger charge is 2.50. The number of hydrogen-bond donors (Lipinski definition) is 2. The highest BCUT2D eigenvalue weighted by atomic mass is 16.2. The van der Waals surface area contributed by atoms with Gasteiger partial charge in [-0.2, -0.15) is 0 Å². The number of carbonyl (C=O) groups is 4. The Hall–Kier alpha value is -2.58. The number of rotatable bonds is 3. The van der Waals surface area contributed by atoms with Crippen molar-refractivity contribution in [2.45, 2.75) is 44.3 Å². The summed E-state index contributed by atoms with van der Waals surface area (Å²) in [5, 5.41) is 5.82. The van der Waals surface area contributed by atoms with E-state index >= 15 is 0 Å². The molecular weight excluding hydrogens is 396 g/mol. The van der Waals surface area contributed by atoms with Gasteiger partial charge in [-0.3, -0.25) is 34.3 Å². The summed E-state index contributed by atoms with van der Waals surface area (Å²) in [5.41, 5.74) is 1.66. The molecule has 1 aromatic carbocycles. The Morgan fingerprint density at radius 1 is 0.968 bits per heavy atom. The maximum absolute atomic E-state index is 13.4. The first-order valence-electron chi connectivity index (χ1n) is 11.3. The third-order valence-electron chi connectivity index (χ3n) is 8.11. The van der Waals surface area contributed by atoms with Crippen LogP contribution in [0.3, 0.4) is 0 Å². The van der Waals surface area contributed by atoms with Gasteiger partial charge >= 0.3 is 0 Å². The standard InChI is InChI=1S/C23H26N4O4/c28-19-7-6-18(21(29)25-19)27-22(30)14-3-1-2-13(20(14)23(27)31)11-26-10-12-4-5-17(26)16-9-24-8-15(12)16/h1-3,12,15-18,24H,4-11H2,(H,25,28,29). The molecule has 5 heterocycles. The van der Waals surface area contributed by atoms with Crippen LogP contribution in [0.15, 0.2) is 18.2 Å². The zero-order valence-electron chi connectivity index (χ0n) is 17.3. The van der Waals surface area contributed by atoms with Gasteiger partial charge in [0.05, 0.1) is 11.1 Å². The van der Waals surface area contributed by atoms with Crippen molar-refractivity contribution in [1.82, 2.24) is 20.4 Å². The van der Waals surface area contributed by atoms with Crippen molar-refractivity contribution >= 4 is 23.6 Å². The molecule has 162 valence electrons. The fraction of sp³-hybridized carbons (Fsp3) is 0.565. The Bertz CT molecular complexity index is 1010. The largest absolute Gasteiger partial charge is 0.316 e. The third kappa shape index (κ3) is 2.81. The van der Waals surface area contributed by atoms with Crippen LogP contribution >= 0.6 is 0 Å². The second-order valence-corrected chi connectivity index (χ2v) is 9.61. The van der Waals surface area contributed by atoms with Gasteiger partial charge in [0.15, 0.2) is 0 Å². The summed E-state index contributed by atoms with van der Waals surface area (Å²) in [6.07, 6.45) is 2.77. The molecule has 4 saturated heterocycles. The maximum atomic E-state index is 13.4. The number of imide groups is 2. The lowest BCUT2D eigenvalue weighted by molar-refractivity contribution is -0.136. The molecular formula is C23H26N4O4. The van der Waals surface area contributed by atoms with Gasteiger partial charge in [0.1, 0.15) is 6.04 Å². The van der Waals surface area contributed by atoms with E-state index in [0.29, 0.717) is 35.5 Å². The average molecular weight is 422 g/mol. The smallest absolute Gasteiger partial charge is 0.262 e. The number of nitrogens with one attached hydrogen (secondary N) is 2. The van der Waals surface area contributed by atoms with E-state index in [0.717, 1.165) is 36.0 Å². The second-order valence-electron chi connectivity index (χ2n) is 9.61. The SMILES string of the molecule is O=C1CCC(N2C(=O)c3cccc(CN4CC5CCC4C4CNCC54)c3C2=O)C(=O)N1. The summed E-state index contributed by atoms with van der Waals surface area (Å²) in [5.74, 6) is 0.353. The van der Waals surface area contributed by atoms with Crippen LogP contribution < -0.4 is 10.6 Å². The molecule has 0 radical (unpaired) electrons. The van der Waals surface area contributed by atoms with Gasteiger partial charge in [0.2, 0.25) is 11.8 Å². The summed E-state index contributed by atoms with van der Waals surface area (Å²) in [6, 6.07) is 5.03. The molecule has 8 nitrogen and oxygen atoms in total. The number of hydrogen-bond acceptors (Lipinski definition) is 6. The predicted molar refractivity (Wildman–Crippen MR) is 110 cm³/mol. The molecule has 5 unspecified atom stereocenters. The van der Waals surface area contributed by atoms with Crippen molar-refractivity contribution in [2.75, 3.05) is 19.6 Å². The lowest BCUT2D eigenvalue weighted by Crippen LogP contribution is -2.56. The van der Waals surface area contributed by atoms with E-state index in [1.54, 1.807) is 6.07 Å². The van der Waals surface area contributed by atoms with Crippen LogP contribution in [0.25, 0.3) is 0 Å². The number of fused-ring (bicyclic) bond motifs is 3. The Labute approximate surface area is 180 Å². The van der Waals surface area contributed by atoms with E-state index in [2.05, 4.69) is 15.5 Å². The summed E-state index contributed by atoms with van der Waals surface area (Å²) >= 11 is 0. The molecule has 4 amide bonds. The van der Waals surface area contributed by atoms with E-state index in [-0.39, 0.29) is 18.7 Å². The van der Waals surface area contributed by atoms with Crippen LogP contribution in [0.1, 0.15) is 52.0 Å². The number of amides is 4. The van der Waals surface area contributed by atoms with Gasteiger partial charge < -0.3 is 5.32 Å². The van der Waals surface area contributed by atoms with Crippen LogP contribution in [0.2, 0.25) is 0 Å². The summed E-state index contributed by atoms with van der Waals surface area (Å²) in [4.78, 5) is 53.8. The molecule has 0 spiro atoms. The van der Waals surface area contributed by atoms with Crippen molar-refractivity contribution in [3.63, 3.8) is 0 Å². The van der Waals surface area contributed by atoms with Crippen molar-refractivity contribution in [3.05, 3.63) is 34.9 Å². The minimum absolute atomic E-state index is 0.129. The molecule has 31 heavy (non-hydrogen) atoms. The maximum Gasteiger partial charge on any atom is 0.262 e. The highest BCUT2D eigenvalue weighted by Crippen LogP contribution is 2.45. The molecule has 1 aliphatic carbocycles. The first kappa shape index (κ1) is 19.1. The number of carbonyl (C=O) groups excluding carboxylic acids is 4. The van der Waals surface area contributed by atoms with Gasteiger partial charge in [0.25, 0.3) is 11.8 Å². The molecule has 0 aromatic heterocycles.